The molecule has 1 aliphatic rings. The molecule has 0 aromatic carbocycles. The fourth-order valence-corrected chi connectivity index (χ4v) is 3.43. The lowest BCUT2D eigenvalue weighted by atomic mass is 9.97. The van der Waals surface area contributed by atoms with Crippen LogP contribution in [-0.2, 0) is 6.54 Å². The zero-order chi connectivity index (χ0) is 15.9. The first-order valence-corrected chi connectivity index (χ1v) is 9.29. The highest BCUT2D eigenvalue weighted by Gasteiger charge is 2.20. The van der Waals surface area contributed by atoms with Crippen LogP contribution in [0.4, 0.5) is 0 Å². The molecule has 2 heterocycles. The van der Waals surface area contributed by atoms with E-state index >= 15 is 0 Å². The third kappa shape index (κ3) is 5.75. The van der Waals surface area contributed by atoms with E-state index in [0.29, 0.717) is 5.92 Å². The topological polar surface area (TPSA) is 21.1 Å². The highest BCUT2D eigenvalue weighted by atomic mass is 15.3. The molecule has 1 atom stereocenters. The summed E-state index contributed by atoms with van der Waals surface area (Å²) < 4.78 is 2.17. The molecule has 1 saturated heterocycles. The van der Waals surface area contributed by atoms with Crippen LogP contribution in [0, 0.1) is 11.8 Å². The standard InChI is InChI=1S/C19H35N3/c1-16(2)8-5-6-10-21-11-7-9-18(13-21)14-22-15-19(12-20-22)17(3)4/h12,15-18H,5-11,13-14H2,1-4H3/t18-/m1/s1. The Morgan fingerprint density at radius 3 is 2.73 bits per heavy atom. The van der Waals surface area contributed by atoms with Crippen LogP contribution in [0.1, 0.15) is 71.3 Å². The molecular weight excluding hydrogens is 270 g/mol. The number of unbranched alkanes of at least 4 members (excludes halogenated alkanes) is 1. The van der Waals surface area contributed by atoms with Gasteiger partial charge in [-0.3, -0.25) is 4.68 Å². The Balaban J connectivity index is 1.73. The number of hydrogen-bond donors (Lipinski definition) is 0. The molecule has 3 nitrogen and oxygen atoms in total. The number of rotatable bonds is 8. The van der Waals surface area contributed by atoms with Gasteiger partial charge in [0.25, 0.3) is 0 Å². The summed E-state index contributed by atoms with van der Waals surface area (Å²) in [5, 5.41) is 4.55. The van der Waals surface area contributed by atoms with Gasteiger partial charge in [0, 0.05) is 19.3 Å². The second kappa shape index (κ2) is 8.71. The van der Waals surface area contributed by atoms with E-state index in [9.17, 15) is 0 Å². The first-order chi connectivity index (χ1) is 10.5. The first kappa shape index (κ1) is 17.5. The summed E-state index contributed by atoms with van der Waals surface area (Å²) in [6, 6.07) is 0. The highest BCUT2D eigenvalue weighted by molar-refractivity contribution is 5.08. The van der Waals surface area contributed by atoms with Gasteiger partial charge in [0.2, 0.25) is 0 Å². The molecule has 22 heavy (non-hydrogen) atoms. The SMILES string of the molecule is CC(C)CCCCN1CCC[C@@H](Cn2cc(C(C)C)cn2)C1. The summed E-state index contributed by atoms with van der Waals surface area (Å²) in [7, 11) is 0. The van der Waals surface area contributed by atoms with Crippen molar-refractivity contribution >= 4 is 0 Å². The van der Waals surface area contributed by atoms with E-state index in [1.807, 2.05) is 6.20 Å². The van der Waals surface area contributed by atoms with Crippen molar-refractivity contribution in [2.75, 3.05) is 19.6 Å². The Labute approximate surface area is 137 Å². The molecule has 0 bridgehead atoms. The number of hydrogen-bond acceptors (Lipinski definition) is 2. The number of aromatic nitrogens is 2. The molecule has 3 heteroatoms. The van der Waals surface area contributed by atoms with E-state index in [0.717, 1.165) is 18.4 Å². The van der Waals surface area contributed by atoms with Gasteiger partial charge < -0.3 is 4.90 Å². The lowest BCUT2D eigenvalue weighted by Crippen LogP contribution is -2.37. The van der Waals surface area contributed by atoms with Crippen molar-refractivity contribution in [2.45, 2.75) is 72.3 Å². The van der Waals surface area contributed by atoms with Crippen molar-refractivity contribution in [3.05, 3.63) is 18.0 Å². The maximum absolute atomic E-state index is 4.55. The molecule has 0 amide bonds. The molecule has 126 valence electrons. The van der Waals surface area contributed by atoms with Gasteiger partial charge in [0.1, 0.15) is 0 Å². The number of piperidine rings is 1. The summed E-state index contributed by atoms with van der Waals surface area (Å²) in [6.07, 6.45) is 11.1. The first-order valence-electron chi connectivity index (χ1n) is 9.29. The Morgan fingerprint density at radius 1 is 1.23 bits per heavy atom. The molecule has 0 N–H and O–H groups in total. The van der Waals surface area contributed by atoms with Crippen molar-refractivity contribution in [3.63, 3.8) is 0 Å². The third-order valence-corrected chi connectivity index (χ3v) is 4.87. The van der Waals surface area contributed by atoms with Crippen LogP contribution in [-0.4, -0.2) is 34.3 Å². The van der Waals surface area contributed by atoms with Gasteiger partial charge in [-0.25, -0.2) is 0 Å². The molecule has 1 aromatic rings. The van der Waals surface area contributed by atoms with Crippen LogP contribution in [0.15, 0.2) is 12.4 Å². The minimum Gasteiger partial charge on any atom is -0.303 e. The number of likely N-dealkylation sites (tertiary alicyclic amines) is 1. The van der Waals surface area contributed by atoms with Gasteiger partial charge in [-0.2, -0.15) is 5.10 Å². The predicted octanol–water partition coefficient (Wildman–Crippen LogP) is 4.54. The van der Waals surface area contributed by atoms with Gasteiger partial charge >= 0.3 is 0 Å². The van der Waals surface area contributed by atoms with Crippen LogP contribution < -0.4 is 0 Å². The third-order valence-electron chi connectivity index (χ3n) is 4.87. The van der Waals surface area contributed by atoms with Crippen LogP contribution in [0.2, 0.25) is 0 Å². The molecule has 0 spiro atoms. The molecular formula is C19H35N3. The van der Waals surface area contributed by atoms with Crippen molar-refractivity contribution in [2.24, 2.45) is 11.8 Å². The minimum absolute atomic E-state index is 0.581. The second-order valence-corrected chi connectivity index (χ2v) is 7.85. The van der Waals surface area contributed by atoms with Crippen molar-refractivity contribution in [1.29, 1.82) is 0 Å². The van der Waals surface area contributed by atoms with Gasteiger partial charge in [0.15, 0.2) is 0 Å². The maximum Gasteiger partial charge on any atom is 0.0524 e. The fourth-order valence-electron chi connectivity index (χ4n) is 3.43. The Bertz CT molecular complexity index is 422. The Kier molecular flexibility index (Phi) is 6.94. The molecule has 1 aliphatic heterocycles. The summed E-state index contributed by atoms with van der Waals surface area (Å²) >= 11 is 0. The van der Waals surface area contributed by atoms with Gasteiger partial charge in [-0.15, -0.1) is 0 Å². The predicted molar refractivity (Wildman–Crippen MR) is 94.2 cm³/mol. The van der Waals surface area contributed by atoms with Crippen LogP contribution in [0.3, 0.4) is 0 Å². The Morgan fingerprint density at radius 2 is 2.05 bits per heavy atom. The second-order valence-electron chi connectivity index (χ2n) is 7.85. The molecule has 0 aliphatic carbocycles. The van der Waals surface area contributed by atoms with Crippen LogP contribution in [0.5, 0.6) is 0 Å². The van der Waals surface area contributed by atoms with E-state index in [1.54, 1.807) is 0 Å². The van der Waals surface area contributed by atoms with Crippen LogP contribution >= 0.6 is 0 Å². The Hall–Kier alpha value is -0.830. The van der Waals surface area contributed by atoms with Crippen molar-refractivity contribution in [3.8, 4) is 0 Å². The van der Waals surface area contributed by atoms with Crippen molar-refractivity contribution < 1.29 is 0 Å². The van der Waals surface area contributed by atoms with Crippen LogP contribution in [0.25, 0.3) is 0 Å². The quantitative estimate of drug-likeness (QED) is 0.657. The zero-order valence-corrected chi connectivity index (χ0v) is 15.1. The van der Waals surface area contributed by atoms with Crippen molar-refractivity contribution in [1.82, 2.24) is 14.7 Å². The van der Waals surface area contributed by atoms with E-state index < -0.39 is 0 Å². The largest absolute Gasteiger partial charge is 0.303 e. The maximum atomic E-state index is 4.55. The average Bonchev–Trinajstić information content (AvgIpc) is 2.93. The average molecular weight is 306 g/mol. The normalized spacial score (nSPS) is 20.2. The highest BCUT2D eigenvalue weighted by Crippen LogP contribution is 2.20. The van der Waals surface area contributed by atoms with Gasteiger partial charge in [-0.1, -0.05) is 40.5 Å². The zero-order valence-electron chi connectivity index (χ0n) is 15.1. The van der Waals surface area contributed by atoms with Gasteiger partial charge in [0.05, 0.1) is 6.20 Å². The monoisotopic (exact) mass is 305 g/mol. The summed E-state index contributed by atoms with van der Waals surface area (Å²) in [4.78, 5) is 2.68. The van der Waals surface area contributed by atoms with E-state index in [2.05, 4.69) is 48.6 Å². The lowest BCUT2D eigenvalue weighted by molar-refractivity contribution is 0.157. The van der Waals surface area contributed by atoms with E-state index in [1.165, 1.54) is 57.3 Å². The molecule has 2 rings (SSSR count). The lowest BCUT2D eigenvalue weighted by Gasteiger charge is -2.32. The van der Waals surface area contributed by atoms with Gasteiger partial charge in [-0.05, 0) is 55.7 Å². The van der Waals surface area contributed by atoms with E-state index in [-0.39, 0.29) is 0 Å². The molecule has 0 radical (unpaired) electrons. The molecule has 0 saturated carbocycles. The smallest absolute Gasteiger partial charge is 0.0524 e. The summed E-state index contributed by atoms with van der Waals surface area (Å²) in [6.45, 7) is 14.1. The van der Waals surface area contributed by atoms with E-state index in [4.69, 9.17) is 0 Å². The fraction of sp³-hybridized carbons (Fsp3) is 0.842. The number of nitrogens with zero attached hydrogens (tertiary/aromatic N) is 3. The molecule has 0 unspecified atom stereocenters. The molecule has 1 aromatic heterocycles. The summed E-state index contributed by atoms with van der Waals surface area (Å²) in [5.74, 6) is 2.21. The molecule has 1 fully saturated rings. The summed E-state index contributed by atoms with van der Waals surface area (Å²) in [5.41, 5.74) is 1.36. The minimum atomic E-state index is 0.581.